The zero-order chi connectivity index (χ0) is 17.3. The van der Waals surface area contributed by atoms with Crippen LogP contribution in [0.25, 0.3) is 10.9 Å². The summed E-state index contributed by atoms with van der Waals surface area (Å²) in [6.45, 7) is 0.714. The molecule has 1 aromatic heterocycles. The number of non-ortho nitro benzene ring substituents is 1. The van der Waals surface area contributed by atoms with Crippen LogP contribution in [0.4, 0.5) is 10.1 Å². The Morgan fingerprint density at radius 1 is 1.38 bits per heavy atom. The van der Waals surface area contributed by atoms with E-state index in [0.717, 1.165) is 5.52 Å². The summed E-state index contributed by atoms with van der Waals surface area (Å²) >= 11 is 6.04. The summed E-state index contributed by atoms with van der Waals surface area (Å²) < 4.78 is 15.6. The van der Waals surface area contributed by atoms with Crippen LogP contribution in [0.15, 0.2) is 42.6 Å². The highest BCUT2D eigenvalue weighted by molar-refractivity contribution is 6.31. The second-order valence-electron chi connectivity index (χ2n) is 5.50. The zero-order valence-corrected chi connectivity index (χ0v) is 13.6. The number of benzene rings is 2. The number of aromatic nitrogens is 2. The molecule has 0 amide bonds. The molecule has 8 heteroatoms. The van der Waals surface area contributed by atoms with Crippen molar-refractivity contribution in [2.24, 2.45) is 0 Å². The summed E-state index contributed by atoms with van der Waals surface area (Å²) in [5, 5.41) is 16.1. The topological polar surface area (TPSA) is 64.2 Å². The smallest absolute Gasteiger partial charge is 0.270 e. The van der Waals surface area contributed by atoms with Crippen molar-refractivity contribution in [3.8, 4) is 0 Å². The number of rotatable bonds is 5. The van der Waals surface area contributed by atoms with Gasteiger partial charge >= 0.3 is 0 Å². The lowest BCUT2D eigenvalue weighted by atomic mass is 10.2. The first kappa shape index (κ1) is 16.4. The summed E-state index contributed by atoms with van der Waals surface area (Å²) in [6.07, 6.45) is 1.58. The van der Waals surface area contributed by atoms with Crippen molar-refractivity contribution in [2.75, 3.05) is 7.05 Å². The van der Waals surface area contributed by atoms with Crippen molar-refractivity contribution in [1.29, 1.82) is 0 Å². The van der Waals surface area contributed by atoms with Crippen molar-refractivity contribution in [3.63, 3.8) is 0 Å². The third-order valence-corrected chi connectivity index (χ3v) is 4.06. The molecule has 0 aliphatic rings. The number of fused-ring (bicyclic) bond motifs is 1. The largest absolute Gasteiger partial charge is 0.283 e. The molecule has 0 bridgehead atoms. The lowest BCUT2D eigenvalue weighted by Crippen LogP contribution is -2.23. The Labute approximate surface area is 142 Å². The SMILES string of the molecule is CN(Cc1c(F)cccc1Cl)Cn1ncc2cc([N+](=O)[O-])ccc21. The van der Waals surface area contributed by atoms with Gasteiger partial charge in [-0.25, -0.2) is 4.39 Å². The molecule has 6 nitrogen and oxygen atoms in total. The van der Waals surface area contributed by atoms with Gasteiger partial charge in [0.15, 0.2) is 0 Å². The van der Waals surface area contributed by atoms with Gasteiger partial charge < -0.3 is 0 Å². The Morgan fingerprint density at radius 2 is 2.17 bits per heavy atom. The summed E-state index contributed by atoms with van der Waals surface area (Å²) in [6, 6.07) is 9.16. The third-order valence-electron chi connectivity index (χ3n) is 3.70. The van der Waals surface area contributed by atoms with Crippen molar-refractivity contribution in [3.05, 3.63) is 69.1 Å². The van der Waals surface area contributed by atoms with Gasteiger partial charge in [0.25, 0.3) is 5.69 Å². The molecule has 0 saturated heterocycles. The number of nitro benzene ring substituents is 1. The van der Waals surface area contributed by atoms with Crippen molar-refractivity contribution in [1.82, 2.24) is 14.7 Å². The highest BCUT2D eigenvalue weighted by Gasteiger charge is 2.13. The number of hydrogen-bond donors (Lipinski definition) is 0. The quantitative estimate of drug-likeness (QED) is 0.519. The number of nitrogens with zero attached hydrogens (tertiary/aromatic N) is 4. The van der Waals surface area contributed by atoms with E-state index in [0.29, 0.717) is 29.2 Å². The fourth-order valence-electron chi connectivity index (χ4n) is 2.53. The summed E-state index contributed by atoms with van der Waals surface area (Å²) in [5.74, 6) is -0.352. The maximum atomic E-state index is 13.9. The maximum absolute atomic E-state index is 13.9. The fourth-order valence-corrected chi connectivity index (χ4v) is 2.76. The van der Waals surface area contributed by atoms with E-state index in [1.54, 1.807) is 29.1 Å². The average Bonchev–Trinajstić information content (AvgIpc) is 2.93. The maximum Gasteiger partial charge on any atom is 0.270 e. The molecule has 0 unspecified atom stereocenters. The normalized spacial score (nSPS) is 11.3. The van der Waals surface area contributed by atoms with Gasteiger partial charge in [-0.1, -0.05) is 17.7 Å². The van der Waals surface area contributed by atoms with Crippen molar-refractivity contribution < 1.29 is 9.31 Å². The van der Waals surface area contributed by atoms with E-state index in [-0.39, 0.29) is 11.5 Å². The van der Waals surface area contributed by atoms with Crippen LogP contribution in [-0.2, 0) is 13.2 Å². The van der Waals surface area contributed by atoms with E-state index in [4.69, 9.17) is 11.6 Å². The first-order chi connectivity index (χ1) is 11.5. The molecule has 0 N–H and O–H groups in total. The van der Waals surface area contributed by atoms with Gasteiger partial charge in [-0.3, -0.25) is 19.7 Å². The molecule has 0 aliphatic carbocycles. The van der Waals surface area contributed by atoms with Crippen LogP contribution in [0.5, 0.6) is 0 Å². The Bertz CT molecular complexity index is 892. The van der Waals surface area contributed by atoms with Crippen LogP contribution < -0.4 is 0 Å². The van der Waals surface area contributed by atoms with Crippen molar-refractivity contribution >= 4 is 28.2 Å². The van der Waals surface area contributed by atoms with Gasteiger partial charge in [0.2, 0.25) is 0 Å². The Hall–Kier alpha value is -2.51. The zero-order valence-electron chi connectivity index (χ0n) is 12.8. The molecule has 0 radical (unpaired) electrons. The van der Waals surface area contributed by atoms with Crippen LogP contribution in [0.1, 0.15) is 5.56 Å². The standard InChI is InChI=1S/C16H14ClFN4O2/c1-20(9-13-14(17)3-2-4-15(13)18)10-21-16-6-5-12(22(23)24)7-11(16)8-19-21/h2-8H,9-10H2,1H3. The molecule has 3 aromatic rings. The molecule has 0 aliphatic heterocycles. The van der Waals surface area contributed by atoms with Gasteiger partial charge in [-0.2, -0.15) is 5.10 Å². The summed E-state index contributed by atoms with van der Waals surface area (Å²) in [4.78, 5) is 12.2. The van der Waals surface area contributed by atoms with Crippen LogP contribution in [0.2, 0.25) is 5.02 Å². The average molecular weight is 349 g/mol. The number of nitro groups is 1. The molecule has 3 rings (SSSR count). The Balaban J connectivity index is 1.81. The van der Waals surface area contributed by atoms with E-state index < -0.39 is 4.92 Å². The molecule has 0 fully saturated rings. The van der Waals surface area contributed by atoms with Crippen LogP contribution >= 0.6 is 11.6 Å². The van der Waals surface area contributed by atoms with E-state index in [1.807, 2.05) is 11.9 Å². The van der Waals surface area contributed by atoms with Gasteiger partial charge in [-0.05, 0) is 25.2 Å². The van der Waals surface area contributed by atoms with Crippen molar-refractivity contribution in [2.45, 2.75) is 13.2 Å². The molecular formula is C16H14ClFN4O2. The molecule has 2 aromatic carbocycles. The third kappa shape index (κ3) is 3.22. The highest BCUT2D eigenvalue weighted by Crippen LogP contribution is 2.22. The fraction of sp³-hybridized carbons (Fsp3) is 0.188. The minimum absolute atomic E-state index is 0.0218. The predicted octanol–water partition coefficient (Wildman–Crippen LogP) is 3.83. The van der Waals surface area contributed by atoms with E-state index in [2.05, 4.69) is 5.10 Å². The van der Waals surface area contributed by atoms with Crippen LogP contribution in [0, 0.1) is 15.9 Å². The van der Waals surface area contributed by atoms with Gasteiger partial charge in [-0.15, -0.1) is 0 Å². The first-order valence-corrected chi connectivity index (χ1v) is 7.55. The molecule has 124 valence electrons. The minimum Gasteiger partial charge on any atom is -0.283 e. The van der Waals surface area contributed by atoms with E-state index >= 15 is 0 Å². The minimum atomic E-state index is -0.441. The highest BCUT2D eigenvalue weighted by atomic mass is 35.5. The summed E-state index contributed by atoms with van der Waals surface area (Å²) in [7, 11) is 1.82. The van der Waals surface area contributed by atoms with Gasteiger partial charge in [0.05, 0.1) is 23.3 Å². The monoisotopic (exact) mass is 348 g/mol. The molecular weight excluding hydrogens is 335 g/mol. The van der Waals surface area contributed by atoms with Crippen LogP contribution in [-0.4, -0.2) is 26.7 Å². The second kappa shape index (κ2) is 6.54. The van der Waals surface area contributed by atoms with E-state index in [1.165, 1.54) is 18.2 Å². The Kier molecular flexibility index (Phi) is 4.46. The lowest BCUT2D eigenvalue weighted by Gasteiger charge is -2.18. The first-order valence-electron chi connectivity index (χ1n) is 7.17. The molecule has 0 atom stereocenters. The molecule has 0 saturated carbocycles. The number of hydrogen-bond acceptors (Lipinski definition) is 4. The van der Waals surface area contributed by atoms with E-state index in [9.17, 15) is 14.5 Å². The van der Waals surface area contributed by atoms with Gasteiger partial charge in [0.1, 0.15) is 5.82 Å². The predicted molar refractivity (Wildman–Crippen MR) is 89.3 cm³/mol. The summed E-state index contributed by atoms with van der Waals surface area (Å²) in [5.41, 5.74) is 1.22. The van der Waals surface area contributed by atoms with Crippen LogP contribution in [0.3, 0.4) is 0 Å². The lowest BCUT2D eigenvalue weighted by molar-refractivity contribution is -0.384. The second-order valence-corrected chi connectivity index (χ2v) is 5.91. The molecule has 1 heterocycles. The number of halogens is 2. The molecule has 24 heavy (non-hydrogen) atoms. The Morgan fingerprint density at radius 3 is 2.88 bits per heavy atom. The molecule has 0 spiro atoms. The van der Waals surface area contributed by atoms with Gasteiger partial charge in [0, 0.05) is 34.6 Å².